The number of allylic oxidation sites excluding steroid dienone is 2. The number of halogens is 3. The first-order chi connectivity index (χ1) is 23.6. The number of fused-ring (bicyclic) bond motifs is 8. The highest BCUT2D eigenvalue weighted by Crippen LogP contribution is 2.59. The molecular formula is C39H46F3NO6S. The second-order valence-electron chi connectivity index (χ2n) is 13.9. The van der Waals surface area contributed by atoms with Gasteiger partial charge >= 0.3 is 12.5 Å². The van der Waals surface area contributed by atoms with Crippen LogP contribution in [0, 0.1) is 12.3 Å². The van der Waals surface area contributed by atoms with Gasteiger partial charge in [-0.2, -0.15) is 0 Å². The summed E-state index contributed by atoms with van der Waals surface area (Å²) in [6.07, 6.45) is -0.0630. The number of alkyl halides is 3. The first kappa shape index (κ1) is 37.6. The molecule has 0 unspecified atom stereocenters. The van der Waals surface area contributed by atoms with Gasteiger partial charge in [0.25, 0.3) is 0 Å². The Morgan fingerprint density at radius 2 is 1.78 bits per heavy atom. The largest absolute Gasteiger partial charge is 0.573 e. The normalized spacial score (nSPS) is 24.2. The average molecular weight is 714 g/mol. The van der Waals surface area contributed by atoms with E-state index < -0.39 is 29.6 Å². The van der Waals surface area contributed by atoms with Crippen molar-refractivity contribution in [2.75, 3.05) is 13.2 Å². The van der Waals surface area contributed by atoms with Crippen LogP contribution in [0.5, 0.6) is 5.75 Å². The molecule has 6 rings (SSSR count). The van der Waals surface area contributed by atoms with Crippen molar-refractivity contribution in [1.29, 1.82) is 0 Å². The summed E-state index contributed by atoms with van der Waals surface area (Å²) in [6.45, 7) is 7.73. The van der Waals surface area contributed by atoms with Crippen LogP contribution in [0.3, 0.4) is 0 Å². The van der Waals surface area contributed by atoms with E-state index in [0.29, 0.717) is 60.9 Å². The van der Waals surface area contributed by atoms with Crippen molar-refractivity contribution < 1.29 is 42.4 Å². The van der Waals surface area contributed by atoms with Crippen LogP contribution < -0.4 is 4.74 Å². The molecule has 11 heteroatoms. The van der Waals surface area contributed by atoms with E-state index in [1.165, 1.54) is 40.5 Å². The van der Waals surface area contributed by atoms with Gasteiger partial charge < -0.3 is 24.6 Å². The zero-order valence-electron chi connectivity index (χ0n) is 29.0. The number of carbonyl (C=O) groups is 2. The molecule has 2 bridgehead atoms. The molecule has 7 nitrogen and oxygen atoms in total. The van der Waals surface area contributed by atoms with Crippen LogP contribution in [0.2, 0.25) is 0 Å². The zero-order valence-corrected chi connectivity index (χ0v) is 29.8. The highest BCUT2D eigenvalue weighted by Gasteiger charge is 2.57. The molecule has 2 aromatic carbocycles. The third-order valence-electron chi connectivity index (χ3n) is 10.4. The van der Waals surface area contributed by atoms with Crippen molar-refractivity contribution in [3.05, 3.63) is 98.3 Å². The summed E-state index contributed by atoms with van der Waals surface area (Å²) in [4.78, 5) is 30.6. The van der Waals surface area contributed by atoms with Crippen molar-refractivity contribution in [3.63, 3.8) is 0 Å². The second kappa shape index (κ2) is 15.3. The molecule has 0 aliphatic heterocycles. The number of ketones is 1. The minimum absolute atomic E-state index is 0.00825. The fourth-order valence-electron chi connectivity index (χ4n) is 7.62. The summed E-state index contributed by atoms with van der Waals surface area (Å²) in [7, 11) is 0. The number of aliphatic hydroxyl groups is 2. The molecule has 3 aromatic rings. The molecule has 1 amide bonds. The van der Waals surface area contributed by atoms with Crippen LogP contribution >= 0.6 is 11.3 Å². The Morgan fingerprint density at radius 3 is 2.44 bits per heavy atom. The summed E-state index contributed by atoms with van der Waals surface area (Å²) in [5.74, 6) is -0.715. The quantitative estimate of drug-likeness (QED) is 0.179. The van der Waals surface area contributed by atoms with Crippen LogP contribution in [0.1, 0.15) is 102 Å². The van der Waals surface area contributed by atoms with Gasteiger partial charge in [0.1, 0.15) is 5.75 Å². The molecule has 1 saturated carbocycles. The minimum atomic E-state index is -4.83. The van der Waals surface area contributed by atoms with Crippen LogP contribution in [0.25, 0.3) is 0 Å². The Morgan fingerprint density at radius 1 is 1.04 bits per heavy atom. The van der Waals surface area contributed by atoms with Gasteiger partial charge in [0, 0.05) is 22.4 Å². The topological polar surface area (TPSA) is 96.3 Å². The fraction of sp³-hybridized carbons (Fsp3) is 0.487. The van der Waals surface area contributed by atoms with Crippen LogP contribution in [-0.4, -0.2) is 58.2 Å². The lowest BCUT2D eigenvalue weighted by molar-refractivity contribution is -0.274. The number of rotatable bonds is 8. The minimum Gasteiger partial charge on any atom is -0.450 e. The number of hydrogen-bond donors (Lipinski definition) is 2. The number of nitrogens with zero attached hydrogens (tertiary/aromatic N) is 1. The van der Waals surface area contributed by atoms with Crippen molar-refractivity contribution in [3.8, 4) is 5.75 Å². The summed E-state index contributed by atoms with van der Waals surface area (Å²) in [5, 5.41) is 23.6. The predicted octanol–water partition coefficient (Wildman–Crippen LogP) is 8.88. The molecule has 3 aliphatic rings. The molecule has 1 aromatic heterocycles. The number of ether oxygens (including phenoxy) is 2. The number of amides is 1. The molecule has 270 valence electrons. The monoisotopic (exact) mass is 713 g/mol. The molecule has 0 radical (unpaired) electrons. The zero-order chi connectivity index (χ0) is 36.3. The van der Waals surface area contributed by atoms with Crippen LogP contribution in [0.15, 0.2) is 66.2 Å². The highest BCUT2D eigenvalue weighted by atomic mass is 32.1. The summed E-state index contributed by atoms with van der Waals surface area (Å²) >= 11 is 1.43. The Labute approximate surface area is 295 Å². The van der Waals surface area contributed by atoms with Gasteiger partial charge in [0.05, 0.1) is 29.7 Å². The van der Waals surface area contributed by atoms with E-state index in [-0.39, 0.29) is 37.1 Å². The van der Waals surface area contributed by atoms with E-state index in [0.717, 1.165) is 21.6 Å². The lowest BCUT2D eigenvalue weighted by Gasteiger charge is -2.46. The predicted molar refractivity (Wildman–Crippen MR) is 186 cm³/mol. The smallest absolute Gasteiger partial charge is 0.450 e. The van der Waals surface area contributed by atoms with E-state index in [1.54, 1.807) is 6.92 Å². The van der Waals surface area contributed by atoms with Crippen molar-refractivity contribution >= 4 is 23.2 Å². The molecule has 1 heterocycles. The van der Waals surface area contributed by atoms with E-state index in [9.17, 15) is 33.0 Å². The molecule has 2 N–H and O–H groups in total. The Balaban J connectivity index is 1.54. The fourth-order valence-corrected chi connectivity index (χ4v) is 8.44. The number of aliphatic hydroxyl groups excluding tert-OH is 1. The number of aryl methyl sites for hydroxylation is 1. The van der Waals surface area contributed by atoms with E-state index in [2.05, 4.69) is 10.8 Å². The van der Waals surface area contributed by atoms with Gasteiger partial charge in [-0.3, -0.25) is 4.79 Å². The molecule has 1 fully saturated rings. The Bertz CT molecular complexity index is 1700. The van der Waals surface area contributed by atoms with Gasteiger partial charge in [-0.25, -0.2) is 4.79 Å². The van der Waals surface area contributed by atoms with E-state index in [1.807, 2.05) is 51.1 Å². The van der Waals surface area contributed by atoms with Crippen molar-refractivity contribution in [2.45, 2.75) is 103 Å². The first-order valence-corrected chi connectivity index (χ1v) is 18.0. The third-order valence-corrected chi connectivity index (χ3v) is 11.4. The van der Waals surface area contributed by atoms with Gasteiger partial charge in [-0.1, -0.05) is 42.8 Å². The van der Waals surface area contributed by atoms with E-state index >= 15 is 0 Å². The Hall–Kier alpha value is -3.67. The summed E-state index contributed by atoms with van der Waals surface area (Å²) in [6, 6.07) is 14.9. The number of carbonyl (C=O) groups excluding carboxylic acids is 2. The maximum atomic E-state index is 14.2. The SMILES string of the molecule is CCOC(=O)N(Cc1ccc(OC(F)(F)F)cc1)C[C@]1(O)CC[C@H]2c3ccc(cc3C(=O)c3ccc(C)s3)C[C@@H](O)CCC(C)=CCC[C@@]21C. The standard InChI is InChI=1S/C39H46F3NO6S/c1-5-48-36(46)43(23-27-10-14-30(15-11-27)49-39(40,41)42)24-38(47)20-18-33-31-16-12-28(22-32(31)35(45)34-17-9-26(3)50-34)21-29(44)13-8-25(2)7-6-19-37(33,38)4/h7,9-12,14-17,22,29,33,44,47H,5-6,8,13,18-21,23-24H2,1-4H3/t29-,33-,37-,38+/m0/s1. The molecule has 4 atom stereocenters. The maximum Gasteiger partial charge on any atom is 0.573 e. The first-order valence-electron chi connectivity index (χ1n) is 17.2. The third kappa shape index (κ3) is 8.61. The maximum absolute atomic E-state index is 14.2. The highest BCUT2D eigenvalue weighted by molar-refractivity contribution is 7.14. The van der Waals surface area contributed by atoms with Crippen LogP contribution in [0.4, 0.5) is 18.0 Å². The molecule has 0 spiro atoms. The Kier molecular flexibility index (Phi) is 11.5. The van der Waals surface area contributed by atoms with Gasteiger partial charge in [0.2, 0.25) is 5.78 Å². The number of benzene rings is 2. The lowest BCUT2D eigenvalue weighted by Crippen LogP contribution is -2.53. The molecular weight excluding hydrogens is 667 g/mol. The average Bonchev–Trinajstić information content (AvgIpc) is 3.59. The summed E-state index contributed by atoms with van der Waals surface area (Å²) in [5.41, 5.74) is 1.74. The lowest BCUT2D eigenvalue weighted by atomic mass is 9.64. The van der Waals surface area contributed by atoms with Gasteiger partial charge in [-0.15, -0.1) is 24.5 Å². The van der Waals surface area contributed by atoms with E-state index in [4.69, 9.17) is 4.74 Å². The van der Waals surface area contributed by atoms with Gasteiger partial charge in [-0.05, 0) is 119 Å². The summed E-state index contributed by atoms with van der Waals surface area (Å²) < 4.78 is 47.7. The molecule has 50 heavy (non-hydrogen) atoms. The van der Waals surface area contributed by atoms with Crippen molar-refractivity contribution in [2.24, 2.45) is 5.41 Å². The van der Waals surface area contributed by atoms with Crippen molar-refractivity contribution in [1.82, 2.24) is 4.90 Å². The molecule has 3 aliphatic carbocycles. The van der Waals surface area contributed by atoms with Gasteiger partial charge in [0.15, 0.2) is 0 Å². The van der Waals surface area contributed by atoms with Crippen LogP contribution in [-0.2, 0) is 17.7 Å². The molecule has 0 saturated heterocycles. The second-order valence-corrected chi connectivity index (χ2v) is 15.2. The number of hydrogen-bond acceptors (Lipinski definition) is 7. The number of thiophene rings is 1.